The molecule has 1 aromatic rings. The molecule has 0 heterocycles. The van der Waals surface area contributed by atoms with E-state index in [4.69, 9.17) is 0 Å². The van der Waals surface area contributed by atoms with Crippen LogP contribution in [0.5, 0.6) is 0 Å². The molecule has 0 saturated heterocycles. The van der Waals surface area contributed by atoms with Gasteiger partial charge in [-0.2, -0.15) is 0 Å². The molecule has 2 atom stereocenters. The molecule has 1 saturated carbocycles. The van der Waals surface area contributed by atoms with Crippen LogP contribution in [0, 0.1) is 12.8 Å². The highest BCUT2D eigenvalue weighted by Gasteiger charge is 2.28. The molecule has 94 valence electrons. The van der Waals surface area contributed by atoms with Crippen LogP contribution in [0.4, 0.5) is 0 Å². The average Bonchev–Trinajstić information content (AvgIpc) is 2.75. The van der Waals surface area contributed by atoms with Crippen LogP contribution in [0.2, 0.25) is 0 Å². The molecule has 1 N–H and O–H groups in total. The maximum Gasteiger partial charge on any atom is 0.00104 e. The quantitative estimate of drug-likeness (QED) is 0.829. The summed E-state index contributed by atoms with van der Waals surface area (Å²) >= 11 is 0. The predicted octanol–water partition coefficient (Wildman–Crippen LogP) is 3.88. The van der Waals surface area contributed by atoms with Crippen molar-refractivity contribution in [1.82, 2.24) is 5.32 Å². The van der Waals surface area contributed by atoms with Crippen molar-refractivity contribution in [3.63, 3.8) is 0 Å². The smallest absolute Gasteiger partial charge is 0.00104 e. The molecule has 0 spiro atoms. The van der Waals surface area contributed by atoms with Crippen LogP contribution in [0.25, 0.3) is 0 Å². The molecule has 0 radical (unpaired) electrons. The Morgan fingerprint density at radius 3 is 2.53 bits per heavy atom. The van der Waals surface area contributed by atoms with Crippen molar-refractivity contribution in [2.75, 3.05) is 6.54 Å². The summed E-state index contributed by atoms with van der Waals surface area (Å²) in [5, 5.41) is 3.60. The van der Waals surface area contributed by atoms with Gasteiger partial charge in [0.05, 0.1) is 0 Å². The van der Waals surface area contributed by atoms with Gasteiger partial charge in [0.15, 0.2) is 0 Å². The predicted molar refractivity (Wildman–Crippen MR) is 74.4 cm³/mol. The third kappa shape index (κ3) is 3.32. The third-order valence-corrected chi connectivity index (χ3v) is 3.95. The van der Waals surface area contributed by atoms with Gasteiger partial charge in [-0.25, -0.2) is 0 Å². The highest BCUT2D eigenvalue weighted by molar-refractivity contribution is 5.25. The number of hydrogen-bond donors (Lipinski definition) is 1. The number of benzene rings is 1. The van der Waals surface area contributed by atoms with Gasteiger partial charge in [0.25, 0.3) is 0 Å². The van der Waals surface area contributed by atoms with Crippen LogP contribution in [0.1, 0.15) is 50.2 Å². The summed E-state index contributed by atoms with van der Waals surface area (Å²) in [6, 6.07) is 9.76. The molecule has 0 aliphatic heterocycles. The minimum absolute atomic E-state index is 0.606. The summed E-state index contributed by atoms with van der Waals surface area (Å²) in [5.41, 5.74) is 2.91. The first-order valence-electron chi connectivity index (χ1n) is 6.97. The third-order valence-electron chi connectivity index (χ3n) is 3.95. The van der Waals surface area contributed by atoms with Crippen LogP contribution >= 0.6 is 0 Å². The average molecular weight is 231 g/mol. The second-order valence-electron chi connectivity index (χ2n) is 5.77. The van der Waals surface area contributed by atoms with Crippen molar-refractivity contribution in [2.24, 2.45) is 5.92 Å². The van der Waals surface area contributed by atoms with Crippen molar-refractivity contribution in [1.29, 1.82) is 0 Å². The van der Waals surface area contributed by atoms with Gasteiger partial charge < -0.3 is 5.32 Å². The fourth-order valence-corrected chi connectivity index (χ4v) is 2.92. The Bertz CT molecular complexity index is 339. The Morgan fingerprint density at radius 2 is 1.88 bits per heavy atom. The lowest BCUT2D eigenvalue weighted by molar-refractivity contribution is 0.423. The SMILES string of the molecule is Cc1ccc(C2CCCC2CNC(C)C)cc1. The number of hydrogen-bond acceptors (Lipinski definition) is 1. The molecule has 1 fully saturated rings. The van der Waals surface area contributed by atoms with Crippen LogP contribution in [0.15, 0.2) is 24.3 Å². The van der Waals surface area contributed by atoms with Crippen LogP contribution in [0.3, 0.4) is 0 Å². The maximum atomic E-state index is 3.60. The fraction of sp³-hybridized carbons (Fsp3) is 0.625. The molecular formula is C16H25N. The van der Waals surface area contributed by atoms with E-state index < -0.39 is 0 Å². The molecule has 0 amide bonds. The molecule has 1 heteroatoms. The highest BCUT2D eigenvalue weighted by atomic mass is 14.9. The molecule has 17 heavy (non-hydrogen) atoms. The van der Waals surface area contributed by atoms with E-state index in [9.17, 15) is 0 Å². The van der Waals surface area contributed by atoms with Gasteiger partial charge in [0.2, 0.25) is 0 Å². The Hall–Kier alpha value is -0.820. The number of rotatable bonds is 4. The van der Waals surface area contributed by atoms with Gasteiger partial charge in [0.1, 0.15) is 0 Å². The monoisotopic (exact) mass is 231 g/mol. The van der Waals surface area contributed by atoms with E-state index in [1.165, 1.54) is 31.4 Å². The largest absolute Gasteiger partial charge is 0.314 e. The Kier molecular flexibility index (Phi) is 4.22. The van der Waals surface area contributed by atoms with E-state index in [1.807, 2.05) is 0 Å². The standard InChI is InChI=1S/C16H25N/c1-12(2)17-11-15-5-4-6-16(15)14-9-7-13(3)8-10-14/h7-10,12,15-17H,4-6,11H2,1-3H3. The summed E-state index contributed by atoms with van der Waals surface area (Å²) < 4.78 is 0. The zero-order valence-electron chi connectivity index (χ0n) is 11.4. The summed E-state index contributed by atoms with van der Waals surface area (Å²) in [7, 11) is 0. The van der Waals surface area contributed by atoms with Crippen molar-refractivity contribution in [3.8, 4) is 0 Å². The summed E-state index contributed by atoms with van der Waals surface area (Å²) in [5.74, 6) is 1.61. The van der Waals surface area contributed by atoms with E-state index in [0.717, 1.165) is 11.8 Å². The van der Waals surface area contributed by atoms with Gasteiger partial charge in [-0.05, 0) is 43.7 Å². The first-order valence-corrected chi connectivity index (χ1v) is 6.97. The van der Waals surface area contributed by atoms with Crippen LogP contribution in [-0.4, -0.2) is 12.6 Å². The summed E-state index contributed by atoms with van der Waals surface area (Å²) in [4.78, 5) is 0. The lowest BCUT2D eigenvalue weighted by atomic mass is 9.88. The van der Waals surface area contributed by atoms with Crippen molar-refractivity contribution in [3.05, 3.63) is 35.4 Å². The first-order chi connectivity index (χ1) is 8.16. The van der Waals surface area contributed by atoms with Crippen molar-refractivity contribution in [2.45, 2.75) is 52.0 Å². The zero-order chi connectivity index (χ0) is 12.3. The van der Waals surface area contributed by atoms with Crippen LogP contribution in [-0.2, 0) is 0 Å². The van der Waals surface area contributed by atoms with Gasteiger partial charge in [-0.3, -0.25) is 0 Å². The van der Waals surface area contributed by atoms with Crippen LogP contribution < -0.4 is 5.32 Å². The fourth-order valence-electron chi connectivity index (χ4n) is 2.92. The minimum Gasteiger partial charge on any atom is -0.314 e. The van der Waals surface area contributed by atoms with Gasteiger partial charge >= 0.3 is 0 Å². The van der Waals surface area contributed by atoms with Crippen molar-refractivity contribution < 1.29 is 0 Å². The normalized spacial score (nSPS) is 24.5. The lowest BCUT2D eigenvalue weighted by Crippen LogP contribution is -2.30. The minimum atomic E-state index is 0.606. The molecule has 1 aliphatic rings. The summed E-state index contributed by atoms with van der Waals surface area (Å²) in [6.45, 7) is 7.80. The topological polar surface area (TPSA) is 12.0 Å². The molecule has 1 aromatic carbocycles. The van der Waals surface area contributed by atoms with E-state index in [2.05, 4.69) is 50.4 Å². The molecule has 2 rings (SSSR count). The van der Waals surface area contributed by atoms with E-state index in [1.54, 1.807) is 5.56 Å². The van der Waals surface area contributed by atoms with Gasteiger partial charge in [-0.1, -0.05) is 50.1 Å². The number of nitrogens with one attached hydrogen (secondary N) is 1. The van der Waals surface area contributed by atoms with Gasteiger partial charge in [0, 0.05) is 6.04 Å². The maximum absolute atomic E-state index is 3.60. The Balaban J connectivity index is 2.01. The lowest BCUT2D eigenvalue weighted by Gasteiger charge is -2.22. The number of aryl methyl sites for hydroxylation is 1. The molecule has 0 bridgehead atoms. The molecule has 2 unspecified atom stereocenters. The van der Waals surface area contributed by atoms with E-state index >= 15 is 0 Å². The second kappa shape index (κ2) is 5.68. The first kappa shape index (κ1) is 12.6. The molecule has 1 nitrogen and oxygen atoms in total. The Labute approximate surface area is 106 Å². The summed E-state index contributed by atoms with van der Waals surface area (Å²) in [6.07, 6.45) is 4.15. The second-order valence-corrected chi connectivity index (χ2v) is 5.77. The molecule has 0 aromatic heterocycles. The molecular weight excluding hydrogens is 206 g/mol. The van der Waals surface area contributed by atoms with Gasteiger partial charge in [-0.15, -0.1) is 0 Å². The Morgan fingerprint density at radius 1 is 1.18 bits per heavy atom. The molecule has 1 aliphatic carbocycles. The van der Waals surface area contributed by atoms with Crippen molar-refractivity contribution >= 4 is 0 Å². The zero-order valence-corrected chi connectivity index (χ0v) is 11.4. The van der Waals surface area contributed by atoms with E-state index in [0.29, 0.717) is 6.04 Å². The van der Waals surface area contributed by atoms with E-state index in [-0.39, 0.29) is 0 Å². The highest BCUT2D eigenvalue weighted by Crippen LogP contribution is 2.39.